The number of amides is 1. The molecule has 0 saturated heterocycles. The number of nitrogens with zero attached hydrogens (tertiary/aromatic N) is 2. The summed E-state index contributed by atoms with van der Waals surface area (Å²) in [5.41, 5.74) is 3.91. The first-order chi connectivity index (χ1) is 14.8. The van der Waals surface area contributed by atoms with Crippen LogP contribution in [-0.2, 0) is 19.4 Å². The molecule has 0 spiro atoms. The van der Waals surface area contributed by atoms with Crippen LogP contribution in [0.5, 0.6) is 5.75 Å². The minimum atomic E-state index is -0.136. The van der Waals surface area contributed by atoms with E-state index in [-0.39, 0.29) is 5.91 Å². The third kappa shape index (κ3) is 4.35. The van der Waals surface area contributed by atoms with Gasteiger partial charge in [0, 0.05) is 19.5 Å². The Balaban J connectivity index is 1.48. The Labute approximate surface area is 176 Å². The molecule has 5 nitrogen and oxygen atoms in total. The van der Waals surface area contributed by atoms with Crippen molar-refractivity contribution in [2.24, 2.45) is 0 Å². The molecule has 5 heteroatoms. The van der Waals surface area contributed by atoms with Gasteiger partial charge in [0.25, 0.3) is 5.91 Å². The number of ether oxygens (including phenoxy) is 1. The SMILES string of the molecule is COc1ccccc1C(=O)NCCn1c(CCc2ccccc2)nc2ccccc21. The summed E-state index contributed by atoms with van der Waals surface area (Å²) in [7, 11) is 1.57. The lowest BCUT2D eigenvalue weighted by molar-refractivity contribution is 0.0949. The number of methoxy groups -OCH3 is 1. The Hall–Kier alpha value is -3.60. The lowest BCUT2D eigenvalue weighted by atomic mass is 10.1. The van der Waals surface area contributed by atoms with Gasteiger partial charge in [-0.1, -0.05) is 54.6 Å². The highest BCUT2D eigenvalue weighted by Gasteiger charge is 2.13. The summed E-state index contributed by atoms with van der Waals surface area (Å²) in [6, 6.07) is 25.8. The number of aryl methyl sites for hydroxylation is 2. The standard InChI is InChI=1S/C25H25N3O2/c1-30-23-14-8-5-11-20(23)25(29)26-17-18-28-22-13-7-6-12-21(22)27-24(28)16-15-19-9-3-2-4-10-19/h2-14H,15-18H2,1H3,(H,26,29). The van der Waals surface area contributed by atoms with Crippen LogP contribution in [0.3, 0.4) is 0 Å². The van der Waals surface area contributed by atoms with Crippen LogP contribution in [0.25, 0.3) is 11.0 Å². The summed E-state index contributed by atoms with van der Waals surface area (Å²) in [4.78, 5) is 17.4. The summed E-state index contributed by atoms with van der Waals surface area (Å²) < 4.78 is 7.50. The van der Waals surface area contributed by atoms with Crippen molar-refractivity contribution < 1.29 is 9.53 Å². The van der Waals surface area contributed by atoms with Crippen molar-refractivity contribution in [3.63, 3.8) is 0 Å². The van der Waals surface area contributed by atoms with Crippen LogP contribution in [0.1, 0.15) is 21.7 Å². The third-order valence-electron chi connectivity index (χ3n) is 5.19. The van der Waals surface area contributed by atoms with Crippen LogP contribution in [-0.4, -0.2) is 29.1 Å². The highest BCUT2D eigenvalue weighted by Crippen LogP contribution is 2.19. The van der Waals surface area contributed by atoms with Gasteiger partial charge in [-0.2, -0.15) is 0 Å². The number of carbonyl (C=O) groups is 1. The van der Waals surface area contributed by atoms with Crippen molar-refractivity contribution in [1.82, 2.24) is 14.9 Å². The summed E-state index contributed by atoms with van der Waals surface area (Å²) in [6.45, 7) is 1.17. The second kappa shape index (κ2) is 9.27. The molecule has 0 atom stereocenters. The summed E-state index contributed by atoms with van der Waals surface area (Å²) in [5, 5.41) is 3.01. The molecule has 0 aliphatic carbocycles. The lowest BCUT2D eigenvalue weighted by Crippen LogP contribution is -2.28. The summed E-state index contributed by atoms with van der Waals surface area (Å²) in [6.07, 6.45) is 1.77. The van der Waals surface area contributed by atoms with Gasteiger partial charge < -0.3 is 14.6 Å². The zero-order valence-corrected chi connectivity index (χ0v) is 17.0. The first-order valence-corrected chi connectivity index (χ1v) is 10.2. The fraction of sp³-hybridized carbons (Fsp3) is 0.200. The van der Waals surface area contributed by atoms with E-state index in [1.165, 1.54) is 5.56 Å². The van der Waals surface area contributed by atoms with Crippen LogP contribution in [0.4, 0.5) is 0 Å². The average molecular weight is 399 g/mol. The van der Waals surface area contributed by atoms with Gasteiger partial charge in [-0.3, -0.25) is 4.79 Å². The second-order valence-electron chi connectivity index (χ2n) is 7.11. The Kier molecular flexibility index (Phi) is 6.09. The van der Waals surface area contributed by atoms with E-state index in [1.54, 1.807) is 19.2 Å². The zero-order valence-electron chi connectivity index (χ0n) is 17.0. The number of imidazole rings is 1. The Morgan fingerprint density at radius 1 is 0.933 bits per heavy atom. The molecule has 4 aromatic rings. The fourth-order valence-corrected chi connectivity index (χ4v) is 3.68. The topological polar surface area (TPSA) is 56.1 Å². The number of fused-ring (bicyclic) bond motifs is 1. The number of carbonyl (C=O) groups excluding carboxylic acids is 1. The minimum Gasteiger partial charge on any atom is -0.496 e. The van der Waals surface area contributed by atoms with Crippen LogP contribution >= 0.6 is 0 Å². The molecular formula is C25H25N3O2. The maximum atomic E-state index is 12.6. The van der Waals surface area contributed by atoms with Crippen LogP contribution in [0.15, 0.2) is 78.9 Å². The van der Waals surface area contributed by atoms with Crippen molar-refractivity contribution in [2.45, 2.75) is 19.4 Å². The molecule has 1 amide bonds. The number of nitrogens with one attached hydrogen (secondary N) is 1. The number of aromatic nitrogens is 2. The van der Waals surface area contributed by atoms with Crippen molar-refractivity contribution >= 4 is 16.9 Å². The molecule has 4 rings (SSSR count). The van der Waals surface area contributed by atoms with Crippen molar-refractivity contribution in [3.8, 4) is 5.75 Å². The highest BCUT2D eigenvalue weighted by atomic mass is 16.5. The molecule has 0 radical (unpaired) electrons. The number of para-hydroxylation sites is 3. The molecule has 0 aliphatic rings. The molecule has 1 N–H and O–H groups in total. The quantitative estimate of drug-likeness (QED) is 0.482. The van der Waals surface area contributed by atoms with Crippen molar-refractivity contribution in [3.05, 3.63) is 95.8 Å². The number of hydrogen-bond donors (Lipinski definition) is 1. The van der Waals surface area contributed by atoms with Crippen molar-refractivity contribution in [1.29, 1.82) is 0 Å². The van der Waals surface area contributed by atoms with Gasteiger partial charge in [-0.15, -0.1) is 0 Å². The van der Waals surface area contributed by atoms with Crippen LogP contribution in [0.2, 0.25) is 0 Å². The maximum absolute atomic E-state index is 12.6. The van der Waals surface area contributed by atoms with Gasteiger partial charge in [0.15, 0.2) is 0 Å². The van der Waals surface area contributed by atoms with E-state index in [4.69, 9.17) is 9.72 Å². The molecular weight excluding hydrogens is 374 g/mol. The number of rotatable bonds is 8. The normalized spacial score (nSPS) is 10.8. The maximum Gasteiger partial charge on any atom is 0.255 e. The molecule has 1 heterocycles. The smallest absolute Gasteiger partial charge is 0.255 e. The van der Waals surface area contributed by atoms with E-state index in [1.807, 2.05) is 36.4 Å². The first-order valence-electron chi connectivity index (χ1n) is 10.2. The van der Waals surface area contributed by atoms with Crippen LogP contribution < -0.4 is 10.1 Å². The molecule has 0 saturated carbocycles. The Morgan fingerprint density at radius 2 is 1.67 bits per heavy atom. The van der Waals surface area contributed by atoms with E-state index >= 15 is 0 Å². The zero-order chi connectivity index (χ0) is 20.8. The van der Waals surface area contributed by atoms with Gasteiger partial charge in [-0.25, -0.2) is 4.98 Å². The van der Waals surface area contributed by atoms with E-state index in [9.17, 15) is 4.79 Å². The molecule has 0 aliphatic heterocycles. The predicted molar refractivity (Wildman–Crippen MR) is 119 cm³/mol. The Morgan fingerprint density at radius 3 is 2.50 bits per heavy atom. The molecule has 152 valence electrons. The van der Waals surface area contributed by atoms with E-state index < -0.39 is 0 Å². The lowest BCUT2D eigenvalue weighted by Gasteiger charge is -2.12. The second-order valence-corrected chi connectivity index (χ2v) is 7.11. The molecule has 30 heavy (non-hydrogen) atoms. The number of benzene rings is 3. The predicted octanol–water partition coefficient (Wildman–Crippen LogP) is 4.26. The summed E-state index contributed by atoms with van der Waals surface area (Å²) in [5.74, 6) is 1.47. The van der Waals surface area contributed by atoms with Crippen LogP contribution in [0, 0.1) is 0 Å². The highest BCUT2D eigenvalue weighted by molar-refractivity contribution is 5.96. The van der Waals surface area contributed by atoms with Gasteiger partial charge in [0.2, 0.25) is 0 Å². The van der Waals surface area contributed by atoms with Gasteiger partial charge in [0.05, 0.1) is 23.7 Å². The molecule has 0 bridgehead atoms. The summed E-state index contributed by atoms with van der Waals surface area (Å²) >= 11 is 0. The van der Waals surface area contributed by atoms with E-state index in [0.29, 0.717) is 24.4 Å². The molecule has 1 aromatic heterocycles. The van der Waals surface area contributed by atoms with Gasteiger partial charge >= 0.3 is 0 Å². The van der Waals surface area contributed by atoms with Gasteiger partial charge in [0.1, 0.15) is 11.6 Å². The largest absolute Gasteiger partial charge is 0.496 e. The Bertz CT molecular complexity index is 1140. The van der Waals surface area contributed by atoms with Crippen molar-refractivity contribution in [2.75, 3.05) is 13.7 Å². The van der Waals surface area contributed by atoms with Gasteiger partial charge in [-0.05, 0) is 36.2 Å². The fourth-order valence-electron chi connectivity index (χ4n) is 3.68. The van der Waals surface area contributed by atoms with E-state index in [0.717, 1.165) is 29.7 Å². The minimum absolute atomic E-state index is 0.136. The third-order valence-corrected chi connectivity index (χ3v) is 5.19. The monoisotopic (exact) mass is 399 g/mol. The van der Waals surface area contributed by atoms with E-state index in [2.05, 4.69) is 40.2 Å². The molecule has 0 unspecified atom stereocenters. The molecule has 0 fully saturated rings. The molecule has 3 aromatic carbocycles. The first kappa shape index (κ1) is 19.7. The average Bonchev–Trinajstić information content (AvgIpc) is 3.16. The number of hydrogen-bond acceptors (Lipinski definition) is 3.